The standard InChI is InChI=1S/C26H37N5O6.C26H31N5O5S/c1-15-10-11-19(32)13-18(15)9-8-12-27-24-29-16(2)21(17(3)30-24)22(33)31-20(23(34)36-7)14-28-25(35)37-26(4,5)6;1-15-9-10-19(32)13-18(15)7-5-11-27-26-29-16(2)22(17(3)30-26)24(34)31-20(25(35)36-4)14-28-23(33)21-8-6-12-37-21/h10-11,13,20,32H,8-9,12,14H2,1-7H3,(H,28,35)(H,31,33)(H,27,29,30);6,8-10,12-13,20,32H,5,7,11,14H2,1-4H3,(H,28,33)(H,31,34)(H,27,29,30)/t2*20-/m00/s1. The van der Waals surface area contributed by atoms with Gasteiger partial charge in [-0.1, -0.05) is 18.2 Å². The number of nitrogens with one attached hydrogen (secondary N) is 6. The normalized spacial score (nSPS) is 11.7. The van der Waals surface area contributed by atoms with E-state index in [9.17, 15) is 39.0 Å². The van der Waals surface area contributed by atoms with Crippen molar-refractivity contribution in [3.05, 3.63) is 115 Å². The molecule has 0 bridgehead atoms. The number of carbonyl (C=O) groups is 6. The first kappa shape index (κ1) is 58.7. The van der Waals surface area contributed by atoms with Gasteiger partial charge in [-0.05, 0) is 146 Å². The van der Waals surface area contributed by atoms with E-state index in [1.807, 2.05) is 26.0 Å². The number of hydrogen-bond donors (Lipinski definition) is 8. The maximum atomic E-state index is 13.0. The van der Waals surface area contributed by atoms with Gasteiger partial charge in [-0.25, -0.2) is 34.3 Å². The molecule has 0 aliphatic rings. The minimum absolute atomic E-state index is 0.133. The Kier molecular flexibility index (Phi) is 22.1. The molecule has 0 fully saturated rings. The Morgan fingerprint density at radius 2 is 1.03 bits per heavy atom. The molecule has 0 radical (unpaired) electrons. The first-order valence-corrected chi connectivity index (χ1v) is 24.7. The van der Waals surface area contributed by atoms with Crippen molar-refractivity contribution in [2.75, 3.05) is 51.0 Å². The molecule has 74 heavy (non-hydrogen) atoms. The fourth-order valence-electron chi connectivity index (χ4n) is 7.38. The third-order valence-electron chi connectivity index (χ3n) is 11.1. The van der Waals surface area contributed by atoms with Crippen LogP contribution in [0.25, 0.3) is 0 Å². The molecule has 2 aromatic carbocycles. The number of nitrogens with zero attached hydrogens (tertiary/aromatic N) is 4. The SMILES string of the molecule is COC(=O)[C@H](CNC(=O)OC(C)(C)C)NC(=O)c1c(C)nc(NCCCc2cc(O)ccc2C)nc1C.COC(=O)[C@H](CNC(=O)c1cccs1)NC(=O)c1c(C)nc(NCCCc2cc(O)ccc2C)nc1C. The van der Waals surface area contributed by atoms with Crippen molar-refractivity contribution in [2.24, 2.45) is 0 Å². The van der Waals surface area contributed by atoms with Gasteiger partial charge >= 0.3 is 18.0 Å². The van der Waals surface area contributed by atoms with Gasteiger partial charge in [0.1, 0.15) is 29.2 Å². The van der Waals surface area contributed by atoms with E-state index >= 15 is 0 Å². The van der Waals surface area contributed by atoms with Gasteiger partial charge in [-0.2, -0.15) is 0 Å². The smallest absolute Gasteiger partial charge is 0.407 e. The summed E-state index contributed by atoms with van der Waals surface area (Å²) in [5, 5.41) is 37.8. The third kappa shape index (κ3) is 18.3. The summed E-state index contributed by atoms with van der Waals surface area (Å²) in [5.41, 5.74) is 5.91. The number of benzene rings is 2. The minimum atomic E-state index is -1.14. The van der Waals surface area contributed by atoms with Crippen molar-refractivity contribution >= 4 is 59.0 Å². The molecule has 0 unspecified atom stereocenters. The van der Waals surface area contributed by atoms with E-state index < -0.39 is 47.5 Å². The van der Waals surface area contributed by atoms with Crippen molar-refractivity contribution in [1.29, 1.82) is 0 Å². The van der Waals surface area contributed by atoms with Gasteiger partial charge in [0.05, 0.1) is 59.5 Å². The number of hydrogen-bond acceptors (Lipinski definition) is 18. The summed E-state index contributed by atoms with van der Waals surface area (Å²) in [7, 11) is 2.40. The predicted molar refractivity (Wildman–Crippen MR) is 280 cm³/mol. The monoisotopic (exact) mass is 1040 g/mol. The second-order valence-electron chi connectivity index (χ2n) is 18.1. The number of esters is 2. The average Bonchev–Trinajstić information content (AvgIpc) is 3.88. The molecule has 3 heterocycles. The lowest BCUT2D eigenvalue weighted by molar-refractivity contribution is -0.143. The van der Waals surface area contributed by atoms with Crippen LogP contribution in [0.1, 0.15) is 109 Å². The molecule has 21 nitrogen and oxygen atoms in total. The number of amides is 4. The highest BCUT2D eigenvalue weighted by Crippen LogP contribution is 2.20. The highest BCUT2D eigenvalue weighted by atomic mass is 32.1. The Labute approximate surface area is 435 Å². The molecule has 0 saturated heterocycles. The van der Waals surface area contributed by atoms with E-state index in [0.29, 0.717) is 52.6 Å². The summed E-state index contributed by atoms with van der Waals surface area (Å²) in [6.45, 7) is 16.7. The van der Waals surface area contributed by atoms with Crippen LogP contribution in [0.2, 0.25) is 0 Å². The van der Waals surface area contributed by atoms with Crippen LogP contribution in [0.15, 0.2) is 53.9 Å². The number of aryl methyl sites for hydroxylation is 8. The van der Waals surface area contributed by atoms with E-state index in [0.717, 1.165) is 47.9 Å². The van der Waals surface area contributed by atoms with Crippen LogP contribution in [-0.4, -0.2) is 124 Å². The third-order valence-corrected chi connectivity index (χ3v) is 12.0. The van der Waals surface area contributed by atoms with E-state index in [2.05, 4.69) is 51.8 Å². The maximum Gasteiger partial charge on any atom is 0.407 e. The molecular formula is C52H68N10O11S. The molecule has 4 amide bonds. The zero-order chi connectivity index (χ0) is 54.7. The van der Waals surface area contributed by atoms with Gasteiger partial charge in [0, 0.05) is 19.6 Å². The first-order valence-electron chi connectivity index (χ1n) is 23.8. The lowest BCUT2D eigenvalue weighted by Crippen LogP contribution is -2.50. The largest absolute Gasteiger partial charge is 0.508 e. The maximum absolute atomic E-state index is 13.0. The van der Waals surface area contributed by atoms with Gasteiger partial charge in [0.15, 0.2) is 0 Å². The molecule has 0 aliphatic carbocycles. The molecule has 0 spiro atoms. The molecular weight excluding hydrogens is 973 g/mol. The summed E-state index contributed by atoms with van der Waals surface area (Å²) in [6, 6.07) is 11.8. The van der Waals surface area contributed by atoms with E-state index in [-0.39, 0.29) is 41.6 Å². The number of rotatable bonds is 21. The lowest BCUT2D eigenvalue weighted by atomic mass is 10.0. The number of carbonyl (C=O) groups excluding carboxylic acids is 6. The number of aromatic hydroxyl groups is 2. The number of phenols is 2. The Balaban J connectivity index is 0.000000320. The van der Waals surface area contributed by atoms with Gasteiger partial charge < -0.3 is 56.3 Å². The van der Waals surface area contributed by atoms with Crippen molar-refractivity contribution < 1.29 is 53.2 Å². The Hall–Kier alpha value is -7.88. The fourth-order valence-corrected chi connectivity index (χ4v) is 8.02. The van der Waals surface area contributed by atoms with E-state index in [1.165, 1.54) is 25.6 Å². The van der Waals surface area contributed by atoms with Crippen molar-refractivity contribution in [2.45, 2.75) is 106 Å². The molecule has 3 aromatic heterocycles. The van der Waals surface area contributed by atoms with Crippen molar-refractivity contribution in [1.82, 2.24) is 41.2 Å². The summed E-state index contributed by atoms with van der Waals surface area (Å²) in [4.78, 5) is 92.8. The van der Waals surface area contributed by atoms with E-state index in [1.54, 1.807) is 90.2 Å². The quantitative estimate of drug-likeness (QED) is 0.0242. The van der Waals surface area contributed by atoms with Gasteiger partial charge in [-0.15, -0.1) is 11.3 Å². The zero-order valence-electron chi connectivity index (χ0n) is 43.8. The molecule has 2 atom stereocenters. The molecule has 5 aromatic rings. The Morgan fingerprint density at radius 1 is 0.608 bits per heavy atom. The number of ether oxygens (including phenoxy) is 3. The summed E-state index contributed by atoms with van der Waals surface area (Å²) >= 11 is 1.27. The Bertz CT molecular complexity index is 2720. The topological polar surface area (TPSA) is 294 Å². The second-order valence-corrected chi connectivity index (χ2v) is 19.1. The number of alkyl carbamates (subject to hydrolysis) is 1. The zero-order valence-corrected chi connectivity index (χ0v) is 44.6. The van der Waals surface area contributed by atoms with Gasteiger partial charge in [-0.3, -0.25) is 14.4 Å². The molecule has 0 saturated carbocycles. The number of thiophene rings is 1. The fraction of sp³-hybridized carbons (Fsp3) is 0.423. The number of aromatic nitrogens is 4. The predicted octanol–water partition coefficient (Wildman–Crippen LogP) is 5.86. The summed E-state index contributed by atoms with van der Waals surface area (Å²) in [5.74, 6) is -1.59. The van der Waals surface area contributed by atoms with Crippen LogP contribution in [-0.2, 0) is 36.6 Å². The summed E-state index contributed by atoms with van der Waals surface area (Å²) in [6.07, 6.45) is 2.42. The van der Waals surface area contributed by atoms with E-state index in [4.69, 9.17) is 14.2 Å². The number of phenolic OH excluding ortho intramolecular Hbond substituents is 2. The van der Waals surface area contributed by atoms with Crippen LogP contribution in [0.3, 0.4) is 0 Å². The molecule has 0 aliphatic heterocycles. The average molecular weight is 1040 g/mol. The van der Waals surface area contributed by atoms with Crippen LogP contribution >= 0.6 is 11.3 Å². The first-order chi connectivity index (χ1) is 35.0. The van der Waals surface area contributed by atoms with Gasteiger partial charge in [0.2, 0.25) is 11.9 Å². The van der Waals surface area contributed by atoms with Crippen molar-refractivity contribution in [3.63, 3.8) is 0 Å². The van der Waals surface area contributed by atoms with Crippen LogP contribution in [0.4, 0.5) is 16.7 Å². The van der Waals surface area contributed by atoms with Crippen LogP contribution < -0.4 is 31.9 Å². The number of anilines is 2. The molecule has 8 N–H and O–H groups in total. The van der Waals surface area contributed by atoms with Crippen molar-refractivity contribution in [3.8, 4) is 11.5 Å². The highest BCUT2D eigenvalue weighted by molar-refractivity contribution is 7.12. The summed E-state index contributed by atoms with van der Waals surface area (Å²) < 4.78 is 14.7. The number of methoxy groups -OCH3 is 2. The minimum Gasteiger partial charge on any atom is -0.508 e. The second kappa shape index (κ2) is 27.8. The lowest BCUT2D eigenvalue weighted by Gasteiger charge is -2.22. The molecule has 22 heteroatoms. The molecule has 398 valence electrons. The van der Waals surface area contributed by atoms with Crippen LogP contribution in [0, 0.1) is 41.5 Å². The van der Waals surface area contributed by atoms with Crippen LogP contribution in [0.5, 0.6) is 11.5 Å². The Morgan fingerprint density at radius 3 is 1.41 bits per heavy atom. The molecule has 5 rings (SSSR count). The highest BCUT2D eigenvalue weighted by Gasteiger charge is 2.28. The van der Waals surface area contributed by atoms with Gasteiger partial charge in [0.25, 0.3) is 17.7 Å².